The highest BCUT2D eigenvalue weighted by atomic mass is 16.2. The molecule has 0 radical (unpaired) electrons. The Morgan fingerprint density at radius 1 is 1.14 bits per heavy atom. The molecule has 3 heterocycles. The average Bonchev–Trinajstić information content (AvgIpc) is 3.22. The van der Waals surface area contributed by atoms with E-state index in [1.165, 1.54) is 6.92 Å². The molecular formula is C20H21N5O4. The summed E-state index contributed by atoms with van der Waals surface area (Å²) in [6, 6.07) is 6.43. The second kappa shape index (κ2) is 7.50. The van der Waals surface area contributed by atoms with Crippen LogP contribution in [-0.4, -0.2) is 40.7 Å². The number of anilines is 3. The Hall–Kier alpha value is -3.49. The van der Waals surface area contributed by atoms with Crippen LogP contribution in [-0.2, 0) is 9.59 Å². The van der Waals surface area contributed by atoms with Crippen LogP contribution in [0.15, 0.2) is 29.1 Å². The van der Waals surface area contributed by atoms with Gasteiger partial charge in [0, 0.05) is 30.8 Å². The number of fused-ring (bicyclic) bond motifs is 1. The Labute approximate surface area is 166 Å². The minimum Gasteiger partial charge on any atom is -0.342 e. The molecule has 0 spiro atoms. The molecule has 3 N–H and O–H groups in total. The molecule has 1 atom stereocenters. The number of H-pyrrole nitrogens is 1. The number of amides is 2. The first-order chi connectivity index (χ1) is 13.9. The number of hydrogen-bond donors (Lipinski definition) is 3. The summed E-state index contributed by atoms with van der Waals surface area (Å²) in [5.41, 5.74) is 0.737. The van der Waals surface area contributed by atoms with Crippen molar-refractivity contribution in [2.75, 3.05) is 28.6 Å². The van der Waals surface area contributed by atoms with Crippen LogP contribution < -0.4 is 21.1 Å². The molecule has 4 rings (SSSR count). The van der Waals surface area contributed by atoms with Gasteiger partial charge < -0.3 is 15.5 Å². The first-order valence-corrected chi connectivity index (χ1v) is 9.53. The number of ketones is 1. The molecule has 1 saturated heterocycles. The molecule has 29 heavy (non-hydrogen) atoms. The third-order valence-electron chi connectivity index (χ3n) is 5.22. The predicted octanol–water partition coefficient (Wildman–Crippen LogP) is 1.64. The summed E-state index contributed by atoms with van der Waals surface area (Å²) >= 11 is 0. The maximum absolute atomic E-state index is 12.8. The number of rotatable bonds is 4. The smallest absolute Gasteiger partial charge is 0.258 e. The number of nitrogens with zero attached hydrogens (tertiary/aromatic N) is 2. The quantitative estimate of drug-likeness (QED) is 0.676. The molecule has 1 aromatic carbocycles. The van der Waals surface area contributed by atoms with Crippen LogP contribution in [0.3, 0.4) is 0 Å². The predicted molar refractivity (Wildman–Crippen MR) is 107 cm³/mol. The molecular weight excluding hydrogens is 374 g/mol. The fourth-order valence-corrected chi connectivity index (χ4v) is 3.68. The third-order valence-corrected chi connectivity index (χ3v) is 5.22. The zero-order valence-corrected chi connectivity index (χ0v) is 15.9. The normalized spacial score (nSPS) is 18.2. The van der Waals surface area contributed by atoms with Crippen LogP contribution >= 0.6 is 0 Å². The summed E-state index contributed by atoms with van der Waals surface area (Å²) in [4.78, 5) is 58.2. The third kappa shape index (κ3) is 3.75. The Morgan fingerprint density at radius 3 is 2.48 bits per heavy atom. The maximum atomic E-state index is 12.8. The van der Waals surface area contributed by atoms with E-state index in [0.29, 0.717) is 17.2 Å². The second-order valence-corrected chi connectivity index (χ2v) is 7.27. The Bertz CT molecular complexity index is 1040. The van der Waals surface area contributed by atoms with Gasteiger partial charge in [0.05, 0.1) is 11.5 Å². The van der Waals surface area contributed by atoms with E-state index in [0.717, 1.165) is 25.9 Å². The summed E-state index contributed by atoms with van der Waals surface area (Å²) in [7, 11) is 0. The van der Waals surface area contributed by atoms with Gasteiger partial charge in [-0.1, -0.05) is 0 Å². The van der Waals surface area contributed by atoms with Crippen molar-refractivity contribution in [2.24, 2.45) is 0 Å². The van der Waals surface area contributed by atoms with Crippen molar-refractivity contribution in [3.8, 4) is 0 Å². The van der Waals surface area contributed by atoms with Gasteiger partial charge in [0.2, 0.25) is 17.8 Å². The lowest BCUT2D eigenvalue weighted by Crippen LogP contribution is -2.37. The van der Waals surface area contributed by atoms with Crippen molar-refractivity contribution in [2.45, 2.75) is 32.1 Å². The molecule has 2 aliphatic heterocycles. The fraction of sp³-hybridized carbons (Fsp3) is 0.350. The molecule has 0 bridgehead atoms. The van der Waals surface area contributed by atoms with Crippen molar-refractivity contribution in [1.29, 1.82) is 0 Å². The number of hydrogen-bond acceptors (Lipinski definition) is 6. The summed E-state index contributed by atoms with van der Waals surface area (Å²) < 4.78 is 0. The van der Waals surface area contributed by atoms with E-state index < -0.39 is 17.4 Å². The van der Waals surface area contributed by atoms with Crippen LogP contribution in [0.5, 0.6) is 0 Å². The Kier molecular flexibility index (Phi) is 4.87. The number of aromatic nitrogens is 2. The topological polar surface area (TPSA) is 124 Å². The van der Waals surface area contributed by atoms with E-state index in [2.05, 4.69) is 20.6 Å². The van der Waals surface area contributed by atoms with Crippen molar-refractivity contribution in [3.63, 3.8) is 0 Å². The number of aromatic amines is 1. The van der Waals surface area contributed by atoms with Gasteiger partial charge in [-0.25, -0.2) is 0 Å². The minimum atomic E-state index is -0.949. The largest absolute Gasteiger partial charge is 0.342 e. The van der Waals surface area contributed by atoms with E-state index in [4.69, 9.17) is 0 Å². The van der Waals surface area contributed by atoms with E-state index in [1.54, 1.807) is 24.3 Å². The summed E-state index contributed by atoms with van der Waals surface area (Å²) in [5.74, 6) is -1.32. The van der Waals surface area contributed by atoms with E-state index >= 15 is 0 Å². The highest BCUT2D eigenvalue weighted by Crippen LogP contribution is 2.30. The SMILES string of the molecule is CC(=O)c1ccc(NC(=O)[C@@H]2CC(=O)Nc3nc(N4CCCC4)[nH]c(=O)c32)cc1. The zero-order chi connectivity index (χ0) is 20.5. The van der Waals surface area contributed by atoms with Gasteiger partial charge in [-0.3, -0.25) is 24.2 Å². The van der Waals surface area contributed by atoms with Gasteiger partial charge in [0.15, 0.2) is 5.78 Å². The van der Waals surface area contributed by atoms with Crippen molar-refractivity contribution in [1.82, 2.24) is 9.97 Å². The van der Waals surface area contributed by atoms with Crippen LogP contribution in [0.25, 0.3) is 0 Å². The van der Waals surface area contributed by atoms with Crippen molar-refractivity contribution >= 4 is 35.1 Å². The van der Waals surface area contributed by atoms with Crippen LogP contribution in [0, 0.1) is 0 Å². The molecule has 0 unspecified atom stereocenters. The van der Waals surface area contributed by atoms with E-state index in [-0.39, 0.29) is 29.5 Å². The standard InChI is InChI=1S/C20H21N5O4/c1-11(26)12-4-6-13(7-5-12)21-18(28)14-10-15(27)22-17-16(14)19(29)24-20(23-17)25-8-2-3-9-25/h4-7,14H,2-3,8-10H2,1H3,(H,21,28)(H2,22,23,24,27,29)/t14-/m1/s1. The van der Waals surface area contributed by atoms with Gasteiger partial charge in [-0.05, 0) is 44.0 Å². The number of nitrogens with one attached hydrogen (secondary N) is 3. The van der Waals surface area contributed by atoms with Gasteiger partial charge in [0.25, 0.3) is 5.56 Å². The molecule has 9 nitrogen and oxygen atoms in total. The molecule has 0 saturated carbocycles. The summed E-state index contributed by atoms with van der Waals surface area (Å²) in [5, 5.41) is 5.33. The second-order valence-electron chi connectivity index (χ2n) is 7.27. The fourth-order valence-electron chi connectivity index (χ4n) is 3.68. The lowest BCUT2D eigenvalue weighted by molar-refractivity contribution is -0.123. The Balaban J connectivity index is 1.61. The highest BCUT2D eigenvalue weighted by molar-refractivity contribution is 6.04. The molecule has 2 aromatic rings. The highest BCUT2D eigenvalue weighted by Gasteiger charge is 2.35. The van der Waals surface area contributed by atoms with E-state index in [1.807, 2.05) is 4.90 Å². The Morgan fingerprint density at radius 2 is 1.83 bits per heavy atom. The van der Waals surface area contributed by atoms with Crippen LogP contribution in [0.4, 0.5) is 17.5 Å². The van der Waals surface area contributed by atoms with Gasteiger partial charge >= 0.3 is 0 Å². The molecule has 1 aromatic heterocycles. The van der Waals surface area contributed by atoms with Crippen molar-refractivity contribution in [3.05, 3.63) is 45.7 Å². The number of Topliss-reactive ketones (excluding diaryl/α,β-unsaturated/α-hetero) is 1. The molecule has 2 amide bonds. The van der Waals surface area contributed by atoms with Gasteiger partial charge in [-0.2, -0.15) is 4.98 Å². The molecule has 1 fully saturated rings. The summed E-state index contributed by atoms with van der Waals surface area (Å²) in [6.07, 6.45) is 1.89. The monoisotopic (exact) mass is 395 g/mol. The lowest BCUT2D eigenvalue weighted by Gasteiger charge is -2.25. The molecule has 150 valence electrons. The first kappa shape index (κ1) is 18.9. The minimum absolute atomic E-state index is 0.0767. The van der Waals surface area contributed by atoms with Crippen LogP contribution in [0.2, 0.25) is 0 Å². The summed E-state index contributed by atoms with van der Waals surface area (Å²) in [6.45, 7) is 3.03. The van der Waals surface area contributed by atoms with Crippen LogP contribution in [0.1, 0.15) is 48.0 Å². The zero-order valence-electron chi connectivity index (χ0n) is 15.9. The maximum Gasteiger partial charge on any atom is 0.258 e. The number of benzene rings is 1. The van der Waals surface area contributed by atoms with Crippen molar-refractivity contribution < 1.29 is 14.4 Å². The number of carbonyl (C=O) groups is 3. The van der Waals surface area contributed by atoms with Gasteiger partial charge in [-0.15, -0.1) is 0 Å². The van der Waals surface area contributed by atoms with E-state index in [9.17, 15) is 19.2 Å². The van der Waals surface area contributed by atoms with Gasteiger partial charge in [0.1, 0.15) is 5.82 Å². The first-order valence-electron chi connectivity index (χ1n) is 9.53. The molecule has 9 heteroatoms. The number of carbonyl (C=O) groups excluding carboxylic acids is 3. The average molecular weight is 395 g/mol. The molecule has 2 aliphatic rings. The lowest BCUT2D eigenvalue weighted by atomic mass is 9.92. The molecule has 0 aliphatic carbocycles.